The smallest absolute Gasteiger partial charge is 0.269 e. The van der Waals surface area contributed by atoms with Gasteiger partial charge in [-0.2, -0.15) is 0 Å². The molecule has 1 aromatic rings. The lowest BCUT2D eigenvalue weighted by atomic mass is 10.2. The number of benzene rings is 1. The van der Waals surface area contributed by atoms with Crippen LogP contribution in [-0.4, -0.2) is 35.2 Å². The van der Waals surface area contributed by atoms with Gasteiger partial charge in [0.15, 0.2) is 0 Å². The van der Waals surface area contributed by atoms with Crippen molar-refractivity contribution in [3.63, 3.8) is 0 Å². The van der Waals surface area contributed by atoms with Gasteiger partial charge in [-0.25, -0.2) is 0 Å². The van der Waals surface area contributed by atoms with E-state index in [0.29, 0.717) is 24.9 Å². The minimum atomic E-state index is -0.501. The molecule has 2 N–H and O–H groups in total. The molecule has 124 valence electrons. The van der Waals surface area contributed by atoms with Crippen LogP contribution in [0.1, 0.15) is 43.0 Å². The van der Waals surface area contributed by atoms with Gasteiger partial charge < -0.3 is 4.90 Å². The molecule has 7 heteroatoms. The number of nitrogens with zero attached hydrogens (tertiary/aromatic N) is 1. The topological polar surface area (TPSA) is 78.5 Å². The fourth-order valence-electron chi connectivity index (χ4n) is 2.57. The lowest BCUT2D eigenvalue weighted by molar-refractivity contribution is -0.138. The Morgan fingerprint density at radius 3 is 2.57 bits per heavy atom. The van der Waals surface area contributed by atoms with Crippen LogP contribution >= 0.6 is 15.9 Å². The maximum atomic E-state index is 12.2. The Labute approximate surface area is 143 Å². The van der Waals surface area contributed by atoms with Crippen LogP contribution in [0.5, 0.6) is 0 Å². The third-order valence-electron chi connectivity index (χ3n) is 3.75. The highest BCUT2D eigenvalue weighted by Crippen LogP contribution is 2.18. The third kappa shape index (κ3) is 4.54. The number of nitrogens with one attached hydrogen (secondary N) is 2. The van der Waals surface area contributed by atoms with Crippen molar-refractivity contribution in [2.45, 2.75) is 38.6 Å². The Bertz CT molecular complexity index is 589. The molecule has 0 spiro atoms. The second-order valence-electron chi connectivity index (χ2n) is 5.45. The molecule has 0 radical (unpaired) electrons. The van der Waals surface area contributed by atoms with Gasteiger partial charge in [-0.3, -0.25) is 25.2 Å². The van der Waals surface area contributed by atoms with Gasteiger partial charge in [0.25, 0.3) is 11.8 Å². The summed E-state index contributed by atoms with van der Waals surface area (Å²) in [6.45, 7) is 2.53. The lowest BCUT2D eigenvalue weighted by Gasteiger charge is -2.23. The van der Waals surface area contributed by atoms with Gasteiger partial charge in [-0.1, -0.05) is 22.9 Å². The van der Waals surface area contributed by atoms with Crippen molar-refractivity contribution < 1.29 is 14.4 Å². The second-order valence-corrected chi connectivity index (χ2v) is 6.36. The molecule has 0 saturated carbocycles. The Kier molecular flexibility index (Phi) is 6.15. The van der Waals surface area contributed by atoms with Crippen molar-refractivity contribution >= 4 is 33.7 Å². The first-order chi connectivity index (χ1) is 11.0. The maximum absolute atomic E-state index is 12.2. The predicted octanol–water partition coefficient (Wildman–Crippen LogP) is 2.00. The Morgan fingerprint density at radius 2 is 1.91 bits per heavy atom. The van der Waals surface area contributed by atoms with Gasteiger partial charge in [0, 0.05) is 23.0 Å². The average Bonchev–Trinajstić information content (AvgIpc) is 3.03. The highest BCUT2D eigenvalue weighted by atomic mass is 79.9. The van der Waals surface area contributed by atoms with E-state index in [-0.39, 0.29) is 11.8 Å². The minimum absolute atomic E-state index is 0.00983. The molecular weight excluding hydrogens is 362 g/mol. The first-order valence-electron chi connectivity index (χ1n) is 7.68. The van der Waals surface area contributed by atoms with Crippen molar-refractivity contribution in [2.75, 3.05) is 6.54 Å². The van der Waals surface area contributed by atoms with Crippen LogP contribution in [0.15, 0.2) is 28.7 Å². The van der Waals surface area contributed by atoms with E-state index < -0.39 is 11.9 Å². The highest BCUT2D eigenvalue weighted by Gasteiger charge is 2.33. The molecule has 1 saturated heterocycles. The molecule has 0 aromatic heterocycles. The molecule has 1 atom stereocenters. The molecular formula is C16H20BrN3O3. The summed E-state index contributed by atoms with van der Waals surface area (Å²) in [5.41, 5.74) is 5.26. The predicted molar refractivity (Wildman–Crippen MR) is 89.4 cm³/mol. The first-order valence-corrected chi connectivity index (χ1v) is 8.47. The number of amides is 3. The van der Waals surface area contributed by atoms with Gasteiger partial charge in [-0.15, -0.1) is 0 Å². The number of halogens is 1. The average molecular weight is 382 g/mol. The van der Waals surface area contributed by atoms with Gasteiger partial charge in [-0.05, 0) is 43.5 Å². The molecule has 6 nitrogen and oxygen atoms in total. The summed E-state index contributed by atoms with van der Waals surface area (Å²) < 4.78 is 0.870. The summed E-state index contributed by atoms with van der Waals surface area (Å²) in [5, 5.41) is 0. The van der Waals surface area contributed by atoms with Crippen LogP contribution in [0.3, 0.4) is 0 Å². The van der Waals surface area contributed by atoms with Crippen LogP contribution in [0.2, 0.25) is 0 Å². The van der Waals surface area contributed by atoms with E-state index >= 15 is 0 Å². The van der Waals surface area contributed by atoms with Crippen molar-refractivity contribution in [2.24, 2.45) is 0 Å². The molecule has 2 rings (SSSR count). The summed E-state index contributed by atoms with van der Waals surface area (Å²) in [4.78, 5) is 37.8. The van der Waals surface area contributed by atoms with Crippen LogP contribution in [-0.2, 0) is 9.59 Å². The van der Waals surface area contributed by atoms with Gasteiger partial charge in [0.1, 0.15) is 6.04 Å². The van der Waals surface area contributed by atoms with E-state index in [9.17, 15) is 14.4 Å². The van der Waals surface area contributed by atoms with Gasteiger partial charge in [0.2, 0.25) is 5.91 Å². The largest absolute Gasteiger partial charge is 0.331 e. The lowest BCUT2D eigenvalue weighted by Crippen LogP contribution is -2.51. The summed E-state index contributed by atoms with van der Waals surface area (Å²) >= 11 is 3.30. The quantitative estimate of drug-likeness (QED) is 0.782. The van der Waals surface area contributed by atoms with Crippen molar-refractivity contribution in [1.82, 2.24) is 15.8 Å². The summed E-state index contributed by atoms with van der Waals surface area (Å²) in [5.74, 6) is -0.753. The number of likely N-dealkylation sites (tertiary alicyclic amines) is 1. The number of hydrazine groups is 1. The molecule has 1 aromatic carbocycles. The molecule has 1 aliphatic rings. The van der Waals surface area contributed by atoms with Crippen LogP contribution in [0.4, 0.5) is 0 Å². The molecule has 3 amide bonds. The van der Waals surface area contributed by atoms with E-state index in [1.807, 2.05) is 6.92 Å². The van der Waals surface area contributed by atoms with E-state index in [1.54, 1.807) is 29.2 Å². The standard InChI is InChI=1S/C16H20BrN3O3/c1-2-4-14(21)20-10-3-5-13(20)16(23)19-18-15(22)11-6-8-12(17)9-7-11/h6-9,13H,2-5,10H2,1H3,(H,18,22)(H,19,23). The van der Waals surface area contributed by atoms with E-state index in [1.165, 1.54) is 0 Å². The van der Waals surface area contributed by atoms with E-state index in [2.05, 4.69) is 26.8 Å². The SMILES string of the molecule is CCCC(=O)N1CCCC1C(=O)NNC(=O)c1ccc(Br)cc1. The van der Waals surface area contributed by atoms with E-state index in [4.69, 9.17) is 0 Å². The van der Waals surface area contributed by atoms with Gasteiger partial charge in [0.05, 0.1) is 0 Å². The molecule has 1 unspecified atom stereocenters. The molecule has 0 aliphatic carbocycles. The third-order valence-corrected chi connectivity index (χ3v) is 4.27. The second kappa shape index (κ2) is 8.10. The van der Waals surface area contributed by atoms with Crippen LogP contribution in [0, 0.1) is 0 Å². The summed E-state index contributed by atoms with van der Waals surface area (Å²) in [7, 11) is 0. The monoisotopic (exact) mass is 381 g/mol. The molecule has 0 bridgehead atoms. The number of carbonyl (C=O) groups is 3. The maximum Gasteiger partial charge on any atom is 0.269 e. The number of rotatable bonds is 4. The Morgan fingerprint density at radius 1 is 1.22 bits per heavy atom. The molecule has 1 aliphatic heterocycles. The summed E-state index contributed by atoms with van der Waals surface area (Å²) in [6, 6.07) is 6.30. The van der Waals surface area contributed by atoms with Crippen LogP contribution in [0.25, 0.3) is 0 Å². The van der Waals surface area contributed by atoms with Crippen molar-refractivity contribution in [3.05, 3.63) is 34.3 Å². The zero-order chi connectivity index (χ0) is 16.8. The fraction of sp³-hybridized carbons (Fsp3) is 0.438. The number of carbonyl (C=O) groups excluding carboxylic acids is 3. The van der Waals surface area contributed by atoms with Crippen LogP contribution < -0.4 is 10.9 Å². The highest BCUT2D eigenvalue weighted by molar-refractivity contribution is 9.10. The Hall–Kier alpha value is -1.89. The molecule has 1 heterocycles. The fourth-order valence-corrected chi connectivity index (χ4v) is 2.83. The zero-order valence-corrected chi connectivity index (χ0v) is 14.6. The zero-order valence-electron chi connectivity index (χ0n) is 13.0. The van der Waals surface area contributed by atoms with Gasteiger partial charge >= 0.3 is 0 Å². The number of hydrogen-bond acceptors (Lipinski definition) is 3. The number of hydrogen-bond donors (Lipinski definition) is 2. The van der Waals surface area contributed by atoms with E-state index in [0.717, 1.165) is 17.3 Å². The molecule has 1 fully saturated rings. The Balaban J connectivity index is 1.89. The van der Waals surface area contributed by atoms with Crippen molar-refractivity contribution in [3.8, 4) is 0 Å². The normalized spacial score (nSPS) is 17.0. The minimum Gasteiger partial charge on any atom is -0.331 e. The first kappa shape index (κ1) is 17.5. The summed E-state index contributed by atoms with van der Waals surface area (Å²) in [6.07, 6.45) is 2.61. The molecule has 23 heavy (non-hydrogen) atoms. The van der Waals surface area contributed by atoms with Crippen molar-refractivity contribution in [1.29, 1.82) is 0 Å².